The van der Waals surface area contributed by atoms with Gasteiger partial charge in [-0.2, -0.15) is 4.98 Å². The monoisotopic (exact) mass is 292 g/mol. The average Bonchev–Trinajstić information content (AvgIpc) is 2.87. The highest BCUT2D eigenvalue weighted by atomic mass is 16.6. The third-order valence-electron chi connectivity index (χ3n) is 2.43. The highest BCUT2D eigenvalue weighted by Crippen LogP contribution is 2.22. The smallest absolute Gasteiger partial charge is 0.405 e. The van der Waals surface area contributed by atoms with E-state index in [4.69, 9.17) is 19.7 Å². The number of primary amides is 1. The van der Waals surface area contributed by atoms with E-state index < -0.39 is 12.2 Å². The number of hydrogen-bond donors (Lipinski definition) is 1. The molecule has 0 aliphatic heterocycles. The normalized spacial score (nSPS) is 12.2. The van der Waals surface area contributed by atoms with Crippen molar-refractivity contribution >= 4 is 6.09 Å². The van der Waals surface area contributed by atoms with Crippen LogP contribution < -0.4 is 10.5 Å². The van der Waals surface area contributed by atoms with Gasteiger partial charge in [-0.05, 0) is 26.8 Å². The summed E-state index contributed by atoms with van der Waals surface area (Å²) in [5, 5.41) is 3.83. The van der Waals surface area contributed by atoms with E-state index in [1.165, 1.54) is 0 Å². The molecule has 0 unspecified atom stereocenters. The summed E-state index contributed by atoms with van der Waals surface area (Å²) in [6.07, 6.45) is -0.0137. The second-order valence-corrected chi connectivity index (χ2v) is 4.58. The van der Waals surface area contributed by atoms with Crippen LogP contribution >= 0.6 is 0 Å². The van der Waals surface area contributed by atoms with E-state index in [2.05, 4.69) is 15.1 Å². The number of amides is 1. The minimum Gasteiger partial charge on any atom is -0.475 e. The number of carbonyl (C=O) groups excluding carboxylic acids is 1. The number of carbonyl (C=O) groups is 1. The van der Waals surface area contributed by atoms with Crippen molar-refractivity contribution in [3.05, 3.63) is 24.2 Å². The molecule has 0 saturated heterocycles. The van der Waals surface area contributed by atoms with Crippen LogP contribution in [0, 0.1) is 0 Å². The molecule has 1 amide bonds. The van der Waals surface area contributed by atoms with Gasteiger partial charge in [0.15, 0.2) is 6.10 Å². The van der Waals surface area contributed by atoms with Crippen molar-refractivity contribution in [2.45, 2.75) is 33.0 Å². The lowest BCUT2D eigenvalue weighted by molar-refractivity contribution is 0.0959. The molecular formula is C13H16N4O4. The van der Waals surface area contributed by atoms with Gasteiger partial charge in [0.05, 0.1) is 6.10 Å². The van der Waals surface area contributed by atoms with Crippen LogP contribution in [0.2, 0.25) is 0 Å². The molecule has 2 rings (SSSR count). The summed E-state index contributed by atoms with van der Waals surface area (Å²) in [5.74, 6) is 0.975. The Kier molecular flexibility index (Phi) is 4.36. The Morgan fingerprint density at radius 1 is 1.38 bits per heavy atom. The minimum atomic E-state index is -0.904. The zero-order valence-electron chi connectivity index (χ0n) is 11.9. The van der Waals surface area contributed by atoms with Crippen molar-refractivity contribution in [1.82, 2.24) is 15.1 Å². The van der Waals surface area contributed by atoms with E-state index >= 15 is 0 Å². The Hall–Kier alpha value is -2.64. The van der Waals surface area contributed by atoms with E-state index in [9.17, 15) is 4.79 Å². The molecule has 112 valence electrons. The molecule has 2 aromatic rings. The molecule has 0 fully saturated rings. The predicted molar refractivity (Wildman–Crippen MR) is 72.4 cm³/mol. The van der Waals surface area contributed by atoms with Crippen molar-refractivity contribution in [2.24, 2.45) is 5.73 Å². The summed E-state index contributed by atoms with van der Waals surface area (Å²) in [7, 11) is 0. The molecule has 21 heavy (non-hydrogen) atoms. The minimum absolute atomic E-state index is 0.0116. The van der Waals surface area contributed by atoms with Crippen LogP contribution in [-0.4, -0.2) is 27.3 Å². The Bertz CT molecular complexity index is 626. The Morgan fingerprint density at radius 3 is 2.81 bits per heavy atom. The van der Waals surface area contributed by atoms with Crippen LogP contribution in [0.5, 0.6) is 5.88 Å². The van der Waals surface area contributed by atoms with E-state index in [0.29, 0.717) is 17.3 Å². The van der Waals surface area contributed by atoms with Gasteiger partial charge in [0.25, 0.3) is 5.89 Å². The number of nitrogens with two attached hydrogens (primary N) is 1. The first-order valence-corrected chi connectivity index (χ1v) is 6.38. The number of hydrogen-bond acceptors (Lipinski definition) is 7. The van der Waals surface area contributed by atoms with Crippen molar-refractivity contribution in [2.75, 3.05) is 0 Å². The fourth-order valence-electron chi connectivity index (χ4n) is 1.60. The van der Waals surface area contributed by atoms with Crippen LogP contribution in [-0.2, 0) is 4.74 Å². The van der Waals surface area contributed by atoms with Crippen LogP contribution in [0.1, 0.15) is 32.8 Å². The molecule has 0 spiro atoms. The molecule has 2 N–H and O–H groups in total. The van der Waals surface area contributed by atoms with E-state index in [0.717, 1.165) is 0 Å². The number of rotatable bonds is 5. The molecule has 2 aromatic heterocycles. The maximum atomic E-state index is 10.7. The van der Waals surface area contributed by atoms with E-state index in [1.54, 1.807) is 25.3 Å². The predicted octanol–water partition coefficient (Wildman–Crippen LogP) is 2.08. The van der Waals surface area contributed by atoms with Gasteiger partial charge in [-0.15, -0.1) is 0 Å². The summed E-state index contributed by atoms with van der Waals surface area (Å²) in [6, 6.07) is 3.43. The summed E-state index contributed by atoms with van der Waals surface area (Å²) in [5.41, 5.74) is 5.62. The molecule has 8 heteroatoms. The molecule has 1 atom stereocenters. The summed E-state index contributed by atoms with van der Waals surface area (Å²) in [4.78, 5) is 18.9. The first-order valence-electron chi connectivity index (χ1n) is 6.38. The van der Waals surface area contributed by atoms with Gasteiger partial charge in [0.1, 0.15) is 0 Å². The Labute approximate surface area is 121 Å². The van der Waals surface area contributed by atoms with Crippen LogP contribution in [0.4, 0.5) is 4.79 Å². The highest BCUT2D eigenvalue weighted by Gasteiger charge is 2.18. The molecular weight excluding hydrogens is 276 g/mol. The quantitative estimate of drug-likeness (QED) is 0.897. The summed E-state index contributed by atoms with van der Waals surface area (Å²) in [6.45, 7) is 5.40. The van der Waals surface area contributed by atoms with E-state index in [-0.39, 0.29) is 12.0 Å². The van der Waals surface area contributed by atoms with Gasteiger partial charge in [-0.1, -0.05) is 5.16 Å². The van der Waals surface area contributed by atoms with Crippen molar-refractivity contribution in [3.8, 4) is 17.3 Å². The number of pyridine rings is 1. The van der Waals surface area contributed by atoms with Crippen molar-refractivity contribution < 1.29 is 18.8 Å². The van der Waals surface area contributed by atoms with Gasteiger partial charge in [0.2, 0.25) is 11.7 Å². The SMILES string of the molecule is CC(C)Oc1cc(-c2noc([C@H](C)OC(N)=O)n2)ccn1. The molecule has 8 nitrogen and oxygen atoms in total. The summed E-state index contributed by atoms with van der Waals surface area (Å²) >= 11 is 0. The first kappa shape index (κ1) is 14.8. The lowest BCUT2D eigenvalue weighted by atomic mass is 10.2. The fraction of sp³-hybridized carbons (Fsp3) is 0.385. The van der Waals surface area contributed by atoms with Crippen molar-refractivity contribution in [3.63, 3.8) is 0 Å². The Morgan fingerprint density at radius 2 is 2.14 bits per heavy atom. The maximum absolute atomic E-state index is 10.7. The zero-order chi connectivity index (χ0) is 15.4. The molecule has 0 aliphatic rings. The number of nitrogens with zero attached hydrogens (tertiary/aromatic N) is 3. The topological polar surface area (TPSA) is 113 Å². The van der Waals surface area contributed by atoms with Gasteiger partial charge in [0, 0.05) is 17.8 Å². The zero-order valence-corrected chi connectivity index (χ0v) is 11.9. The van der Waals surface area contributed by atoms with Crippen LogP contribution in [0.15, 0.2) is 22.9 Å². The van der Waals surface area contributed by atoms with Gasteiger partial charge < -0.3 is 19.7 Å². The second kappa shape index (κ2) is 6.21. The standard InChI is InChI=1S/C13H16N4O4/c1-7(2)19-10-6-9(4-5-15-10)11-16-12(21-17-11)8(3)20-13(14)18/h4-8H,1-3H3,(H2,14,18)/t8-/m0/s1. The molecule has 2 heterocycles. The van der Waals surface area contributed by atoms with Crippen molar-refractivity contribution in [1.29, 1.82) is 0 Å². The van der Waals surface area contributed by atoms with Crippen LogP contribution in [0.3, 0.4) is 0 Å². The van der Waals surface area contributed by atoms with Crippen LogP contribution in [0.25, 0.3) is 11.4 Å². The third-order valence-corrected chi connectivity index (χ3v) is 2.43. The molecule has 0 saturated carbocycles. The fourth-order valence-corrected chi connectivity index (χ4v) is 1.60. The van der Waals surface area contributed by atoms with Gasteiger partial charge in [-0.3, -0.25) is 0 Å². The maximum Gasteiger partial charge on any atom is 0.405 e. The van der Waals surface area contributed by atoms with Gasteiger partial charge in [-0.25, -0.2) is 9.78 Å². The third kappa shape index (κ3) is 3.91. The first-order chi connectivity index (χ1) is 9.95. The lowest BCUT2D eigenvalue weighted by Crippen LogP contribution is -2.15. The number of ether oxygens (including phenoxy) is 2. The number of aromatic nitrogens is 3. The molecule has 0 aromatic carbocycles. The summed E-state index contributed by atoms with van der Waals surface area (Å²) < 4.78 is 15.3. The average molecular weight is 292 g/mol. The highest BCUT2D eigenvalue weighted by molar-refractivity contribution is 5.64. The molecule has 0 aliphatic carbocycles. The largest absolute Gasteiger partial charge is 0.475 e. The Balaban J connectivity index is 2.19. The molecule has 0 radical (unpaired) electrons. The molecule has 0 bridgehead atoms. The second-order valence-electron chi connectivity index (χ2n) is 4.58. The van der Waals surface area contributed by atoms with E-state index in [1.807, 2.05) is 13.8 Å². The van der Waals surface area contributed by atoms with Gasteiger partial charge >= 0.3 is 6.09 Å². The lowest BCUT2D eigenvalue weighted by Gasteiger charge is -2.08.